The average Bonchev–Trinajstić information content (AvgIpc) is 3.23. The van der Waals surface area contributed by atoms with Crippen molar-refractivity contribution in [1.82, 2.24) is 15.0 Å². The number of carbonyl (C=O) groups excluding carboxylic acids is 1. The minimum atomic E-state index is -0.267. The van der Waals surface area contributed by atoms with Crippen molar-refractivity contribution < 1.29 is 14.3 Å². The standard InChI is InChI=1S/C21H18IN5O3S/c1-11-14(29-2)8-15(30-3)16(22)17(11)27-21(28)13-9-31-19-18(13)24-10-25-20(19)26-12-4-6-23-7-5-12/h4-10H,1-3H3,(H,27,28)(H,23,24,25,26). The highest BCUT2D eigenvalue weighted by atomic mass is 127. The monoisotopic (exact) mass is 547 g/mol. The highest BCUT2D eigenvalue weighted by Crippen LogP contribution is 2.38. The maximum atomic E-state index is 13.2. The summed E-state index contributed by atoms with van der Waals surface area (Å²) in [5.74, 6) is 1.62. The normalized spacial score (nSPS) is 10.7. The van der Waals surface area contributed by atoms with E-state index in [1.54, 1.807) is 38.1 Å². The van der Waals surface area contributed by atoms with Crippen molar-refractivity contribution in [2.75, 3.05) is 24.9 Å². The van der Waals surface area contributed by atoms with Crippen LogP contribution in [0.3, 0.4) is 0 Å². The fourth-order valence-corrected chi connectivity index (χ4v) is 4.92. The molecule has 4 rings (SSSR count). The number of hydrogen-bond acceptors (Lipinski definition) is 8. The smallest absolute Gasteiger partial charge is 0.258 e. The van der Waals surface area contributed by atoms with Crippen molar-refractivity contribution in [2.45, 2.75) is 6.92 Å². The molecular weight excluding hydrogens is 529 g/mol. The summed E-state index contributed by atoms with van der Waals surface area (Å²) in [5, 5.41) is 8.04. The van der Waals surface area contributed by atoms with Crippen molar-refractivity contribution in [1.29, 1.82) is 0 Å². The van der Waals surface area contributed by atoms with E-state index in [4.69, 9.17) is 9.47 Å². The molecular formula is C21H18IN5O3S. The first-order valence-corrected chi connectivity index (χ1v) is 11.1. The van der Waals surface area contributed by atoms with Crippen LogP contribution in [0.15, 0.2) is 42.3 Å². The number of nitrogens with one attached hydrogen (secondary N) is 2. The van der Waals surface area contributed by atoms with E-state index in [0.717, 1.165) is 19.5 Å². The Morgan fingerprint density at radius 2 is 1.87 bits per heavy atom. The van der Waals surface area contributed by atoms with E-state index in [-0.39, 0.29) is 5.91 Å². The van der Waals surface area contributed by atoms with Gasteiger partial charge in [0.1, 0.15) is 17.8 Å². The third kappa shape index (κ3) is 4.12. The zero-order valence-electron chi connectivity index (χ0n) is 16.9. The number of amides is 1. The first kappa shape index (κ1) is 21.2. The third-order valence-electron chi connectivity index (χ3n) is 4.66. The molecule has 1 amide bonds. The maximum absolute atomic E-state index is 13.2. The second-order valence-corrected chi connectivity index (χ2v) is 8.42. The number of hydrogen-bond donors (Lipinski definition) is 2. The minimum Gasteiger partial charge on any atom is -0.496 e. The molecule has 3 aromatic heterocycles. The molecule has 0 fully saturated rings. The van der Waals surface area contributed by atoms with Crippen molar-refractivity contribution in [3.05, 3.63) is 57.0 Å². The molecule has 2 N–H and O–H groups in total. The Balaban J connectivity index is 1.69. The van der Waals surface area contributed by atoms with Gasteiger partial charge in [0.15, 0.2) is 5.82 Å². The lowest BCUT2D eigenvalue weighted by Gasteiger charge is -2.16. The lowest BCUT2D eigenvalue weighted by molar-refractivity contribution is 0.102. The summed E-state index contributed by atoms with van der Waals surface area (Å²) in [5.41, 5.74) is 3.36. The molecule has 0 aliphatic heterocycles. The average molecular weight is 547 g/mol. The molecule has 10 heteroatoms. The van der Waals surface area contributed by atoms with Crippen molar-refractivity contribution >= 4 is 67.2 Å². The van der Waals surface area contributed by atoms with Crippen LogP contribution in [0.4, 0.5) is 17.2 Å². The number of methoxy groups -OCH3 is 2. The Hall–Kier alpha value is -2.99. The van der Waals surface area contributed by atoms with Crippen LogP contribution in [0.25, 0.3) is 10.2 Å². The second-order valence-electron chi connectivity index (χ2n) is 6.46. The van der Waals surface area contributed by atoms with E-state index in [2.05, 4.69) is 48.2 Å². The molecule has 0 unspecified atom stereocenters. The van der Waals surface area contributed by atoms with Gasteiger partial charge < -0.3 is 20.1 Å². The van der Waals surface area contributed by atoms with Gasteiger partial charge in [0.2, 0.25) is 0 Å². The van der Waals surface area contributed by atoms with E-state index >= 15 is 0 Å². The van der Waals surface area contributed by atoms with Crippen LogP contribution in [-0.2, 0) is 0 Å². The maximum Gasteiger partial charge on any atom is 0.258 e. The molecule has 158 valence electrons. The number of carbonyl (C=O) groups is 1. The highest BCUT2D eigenvalue weighted by Gasteiger charge is 2.21. The van der Waals surface area contributed by atoms with Crippen LogP contribution in [0.2, 0.25) is 0 Å². The van der Waals surface area contributed by atoms with E-state index < -0.39 is 0 Å². The van der Waals surface area contributed by atoms with Crippen LogP contribution in [0, 0.1) is 10.5 Å². The van der Waals surface area contributed by atoms with Gasteiger partial charge in [-0.05, 0) is 41.6 Å². The lowest BCUT2D eigenvalue weighted by atomic mass is 10.1. The van der Waals surface area contributed by atoms with Gasteiger partial charge in [-0.3, -0.25) is 9.78 Å². The van der Waals surface area contributed by atoms with Gasteiger partial charge >= 0.3 is 0 Å². The number of benzene rings is 1. The number of halogens is 1. The number of pyridine rings is 1. The van der Waals surface area contributed by atoms with Crippen LogP contribution in [0.1, 0.15) is 15.9 Å². The molecule has 0 aliphatic rings. The lowest BCUT2D eigenvalue weighted by Crippen LogP contribution is -2.14. The van der Waals surface area contributed by atoms with Gasteiger partial charge in [0.25, 0.3) is 5.91 Å². The van der Waals surface area contributed by atoms with Crippen molar-refractivity contribution in [3.63, 3.8) is 0 Å². The second kappa shape index (κ2) is 9.02. The summed E-state index contributed by atoms with van der Waals surface area (Å²) in [6.45, 7) is 1.89. The topological polar surface area (TPSA) is 98.3 Å². The molecule has 0 saturated carbocycles. The largest absolute Gasteiger partial charge is 0.496 e. The molecule has 0 aliphatic carbocycles. The number of aromatic nitrogens is 3. The Morgan fingerprint density at radius 1 is 1.13 bits per heavy atom. The van der Waals surface area contributed by atoms with Crippen LogP contribution in [0.5, 0.6) is 11.5 Å². The van der Waals surface area contributed by atoms with Gasteiger partial charge in [-0.2, -0.15) is 0 Å². The number of fused-ring (bicyclic) bond motifs is 1. The fraction of sp³-hybridized carbons (Fsp3) is 0.143. The summed E-state index contributed by atoms with van der Waals surface area (Å²) < 4.78 is 12.4. The molecule has 0 bridgehead atoms. The number of thiophene rings is 1. The summed E-state index contributed by atoms with van der Waals surface area (Å²) in [7, 11) is 3.17. The number of rotatable bonds is 6. The molecule has 1 aromatic carbocycles. The SMILES string of the molecule is COc1cc(OC)c(I)c(NC(=O)c2csc3c(Nc4ccncc4)ncnc23)c1C. The first-order chi connectivity index (χ1) is 15.0. The minimum absolute atomic E-state index is 0.267. The fourth-order valence-electron chi connectivity index (χ4n) is 3.06. The molecule has 0 atom stereocenters. The van der Waals surface area contributed by atoms with E-state index in [0.29, 0.717) is 34.1 Å². The number of ether oxygens (including phenoxy) is 2. The Bertz CT molecular complexity index is 1230. The molecule has 4 aromatic rings. The Morgan fingerprint density at radius 3 is 2.58 bits per heavy atom. The van der Waals surface area contributed by atoms with Gasteiger partial charge in [0.05, 0.1) is 39.3 Å². The summed E-state index contributed by atoms with van der Waals surface area (Å²) in [6, 6.07) is 5.49. The predicted molar refractivity (Wildman–Crippen MR) is 130 cm³/mol. The number of anilines is 3. The number of nitrogens with zero attached hydrogens (tertiary/aromatic N) is 3. The summed E-state index contributed by atoms with van der Waals surface area (Å²) in [4.78, 5) is 25.9. The quantitative estimate of drug-likeness (QED) is 0.328. The van der Waals surface area contributed by atoms with Gasteiger partial charge in [-0.1, -0.05) is 0 Å². The molecule has 0 saturated heterocycles. The molecule has 8 nitrogen and oxygen atoms in total. The summed E-state index contributed by atoms with van der Waals surface area (Å²) >= 11 is 3.56. The van der Waals surface area contributed by atoms with E-state index in [1.807, 2.05) is 19.1 Å². The van der Waals surface area contributed by atoms with E-state index in [9.17, 15) is 4.79 Å². The Kier molecular flexibility index (Phi) is 6.18. The van der Waals surface area contributed by atoms with Crippen molar-refractivity contribution in [2.24, 2.45) is 0 Å². The summed E-state index contributed by atoms with van der Waals surface area (Å²) in [6.07, 6.45) is 4.83. The van der Waals surface area contributed by atoms with Crippen LogP contribution in [-0.4, -0.2) is 35.1 Å². The van der Waals surface area contributed by atoms with Gasteiger partial charge in [-0.15, -0.1) is 11.3 Å². The third-order valence-corrected chi connectivity index (χ3v) is 6.71. The first-order valence-electron chi connectivity index (χ1n) is 9.15. The van der Waals surface area contributed by atoms with Crippen LogP contribution >= 0.6 is 33.9 Å². The molecule has 0 spiro atoms. The Labute approximate surface area is 196 Å². The van der Waals surface area contributed by atoms with Crippen molar-refractivity contribution in [3.8, 4) is 11.5 Å². The zero-order chi connectivity index (χ0) is 22.0. The van der Waals surface area contributed by atoms with Gasteiger partial charge in [-0.25, -0.2) is 9.97 Å². The van der Waals surface area contributed by atoms with E-state index in [1.165, 1.54) is 17.7 Å². The van der Waals surface area contributed by atoms with Crippen LogP contribution < -0.4 is 20.1 Å². The zero-order valence-corrected chi connectivity index (χ0v) is 19.9. The highest BCUT2D eigenvalue weighted by molar-refractivity contribution is 14.1. The molecule has 0 radical (unpaired) electrons. The molecule has 3 heterocycles. The predicted octanol–water partition coefficient (Wildman–Crippen LogP) is 5.01. The van der Waals surface area contributed by atoms with Gasteiger partial charge in [0, 0.05) is 35.1 Å². The molecule has 31 heavy (non-hydrogen) atoms.